The summed E-state index contributed by atoms with van der Waals surface area (Å²) in [5.41, 5.74) is 2.84. The van der Waals surface area contributed by atoms with Gasteiger partial charge in [-0.1, -0.05) is 48.5 Å². The second-order valence-electron chi connectivity index (χ2n) is 7.99. The van der Waals surface area contributed by atoms with Crippen molar-refractivity contribution in [3.8, 4) is 11.1 Å². The number of carbonyl (C=O) groups excluding carboxylic acids is 2. The second-order valence-corrected chi connectivity index (χ2v) is 7.99. The number of amides is 2. The van der Waals surface area contributed by atoms with E-state index in [9.17, 15) is 23.2 Å². The number of fused-ring (bicyclic) bond motifs is 3. The smallest absolute Gasteiger partial charge is 0.411 e. The molecule has 0 aliphatic heterocycles. The normalized spacial score (nSPS) is 11.9. The molecule has 0 spiro atoms. The first-order valence-corrected chi connectivity index (χ1v) is 11.0. The molecule has 0 saturated heterocycles. The van der Waals surface area contributed by atoms with E-state index in [1.807, 2.05) is 48.5 Å². The largest absolute Gasteiger partial charge is 0.481 e. The van der Waals surface area contributed by atoms with Gasteiger partial charge in [-0.3, -0.25) is 14.9 Å². The van der Waals surface area contributed by atoms with E-state index in [1.165, 1.54) is 0 Å². The van der Waals surface area contributed by atoms with Crippen LogP contribution in [0.2, 0.25) is 0 Å². The Balaban J connectivity index is 1.42. The molecule has 3 aromatic carbocycles. The number of hydrogen-bond donors (Lipinski definition) is 3. The summed E-state index contributed by atoms with van der Waals surface area (Å²) in [5, 5.41) is 13.1. The van der Waals surface area contributed by atoms with Gasteiger partial charge >= 0.3 is 12.1 Å². The first-order valence-electron chi connectivity index (χ1n) is 11.0. The first kappa shape index (κ1) is 23.9. The van der Waals surface area contributed by atoms with Gasteiger partial charge in [0.1, 0.15) is 18.0 Å². The Kier molecular flexibility index (Phi) is 7.05. The maximum atomic E-state index is 14.9. The average molecular weight is 480 g/mol. The van der Waals surface area contributed by atoms with E-state index in [2.05, 4.69) is 10.6 Å². The molecular weight excluding hydrogens is 458 g/mol. The Hall–Kier alpha value is -4.27. The Labute approximate surface area is 199 Å². The fraction of sp³-hybridized carbons (Fsp3) is 0.192. The van der Waals surface area contributed by atoms with Crippen molar-refractivity contribution >= 4 is 23.7 Å². The van der Waals surface area contributed by atoms with Crippen LogP contribution in [-0.4, -0.2) is 36.2 Å². The van der Waals surface area contributed by atoms with Gasteiger partial charge in [-0.25, -0.2) is 13.6 Å². The summed E-state index contributed by atoms with van der Waals surface area (Å²) in [5.74, 6) is -4.67. The summed E-state index contributed by atoms with van der Waals surface area (Å²) in [7, 11) is 0. The van der Waals surface area contributed by atoms with Crippen LogP contribution in [0.5, 0.6) is 0 Å². The van der Waals surface area contributed by atoms with Crippen LogP contribution in [0.4, 0.5) is 19.3 Å². The summed E-state index contributed by atoms with van der Waals surface area (Å²) in [4.78, 5) is 35.2. The number of aliphatic carboxylic acids is 1. The predicted octanol–water partition coefficient (Wildman–Crippen LogP) is 4.92. The number of ether oxygens (including phenoxy) is 1. The van der Waals surface area contributed by atoms with Gasteiger partial charge < -0.3 is 15.2 Å². The maximum Gasteiger partial charge on any atom is 0.411 e. The first-order chi connectivity index (χ1) is 16.9. The number of carboxylic acids is 1. The van der Waals surface area contributed by atoms with E-state index < -0.39 is 40.9 Å². The molecule has 0 bridgehead atoms. The summed E-state index contributed by atoms with van der Waals surface area (Å²) in [6.45, 7) is -0.0758. The van der Waals surface area contributed by atoms with Crippen LogP contribution in [0.15, 0.2) is 60.7 Å². The number of anilines is 1. The van der Waals surface area contributed by atoms with Crippen molar-refractivity contribution in [2.75, 3.05) is 18.5 Å². The second kappa shape index (κ2) is 10.3. The van der Waals surface area contributed by atoms with Crippen molar-refractivity contribution in [3.63, 3.8) is 0 Å². The maximum absolute atomic E-state index is 14.9. The van der Waals surface area contributed by atoms with E-state index in [1.54, 1.807) is 0 Å². The third-order valence-corrected chi connectivity index (χ3v) is 5.75. The van der Waals surface area contributed by atoms with Crippen molar-refractivity contribution in [2.24, 2.45) is 0 Å². The van der Waals surface area contributed by atoms with E-state index in [0.717, 1.165) is 34.4 Å². The average Bonchev–Trinajstić information content (AvgIpc) is 3.16. The molecule has 7 nitrogen and oxygen atoms in total. The van der Waals surface area contributed by atoms with Gasteiger partial charge in [0.15, 0.2) is 5.82 Å². The molecule has 35 heavy (non-hydrogen) atoms. The standard InChI is InChI=1S/C26H22F2N2O5/c27-20-11-12-21(24(28)23(20)25(33)29-13-5-10-22(31)32)30-26(34)35-14-19-17-8-3-1-6-15(17)16-7-2-4-9-18(16)19/h1-4,6-9,11-12,19H,5,10,13-14H2,(H,29,33)(H,30,34)(H,31,32). The third kappa shape index (κ3) is 5.13. The highest BCUT2D eigenvalue weighted by molar-refractivity contribution is 5.97. The molecule has 3 N–H and O–H groups in total. The summed E-state index contributed by atoms with van der Waals surface area (Å²) < 4.78 is 34.4. The van der Waals surface area contributed by atoms with Crippen LogP contribution in [0.25, 0.3) is 11.1 Å². The minimum absolute atomic E-state index is 0.000402. The Morgan fingerprint density at radius 3 is 2.17 bits per heavy atom. The molecule has 9 heteroatoms. The Morgan fingerprint density at radius 2 is 1.54 bits per heavy atom. The monoisotopic (exact) mass is 480 g/mol. The molecule has 3 aromatic rings. The number of nitrogens with one attached hydrogen (secondary N) is 2. The van der Waals surface area contributed by atoms with E-state index in [-0.39, 0.29) is 31.9 Å². The molecule has 0 heterocycles. The Bertz CT molecular complexity index is 1250. The molecule has 0 saturated carbocycles. The molecule has 0 atom stereocenters. The summed E-state index contributed by atoms with van der Waals surface area (Å²) in [6, 6.07) is 17.4. The number of benzene rings is 3. The molecule has 0 aromatic heterocycles. The van der Waals surface area contributed by atoms with Crippen LogP contribution in [0, 0.1) is 11.6 Å². The predicted molar refractivity (Wildman–Crippen MR) is 124 cm³/mol. The van der Waals surface area contributed by atoms with Crippen molar-refractivity contribution < 1.29 is 33.0 Å². The molecule has 4 rings (SSSR count). The van der Waals surface area contributed by atoms with Crippen molar-refractivity contribution in [1.82, 2.24) is 5.32 Å². The minimum atomic E-state index is -1.26. The molecule has 180 valence electrons. The van der Waals surface area contributed by atoms with Gasteiger partial charge in [0.2, 0.25) is 0 Å². The number of rotatable bonds is 8. The van der Waals surface area contributed by atoms with Gasteiger partial charge in [-0.15, -0.1) is 0 Å². The topological polar surface area (TPSA) is 105 Å². The van der Waals surface area contributed by atoms with E-state index >= 15 is 0 Å². The van der Waals surface area contributed by atoms with Crippen LogP contribution < -0.4 is 10.6 Å². The summed E-state index contributed by atoms with van der Waals surface area (Å²) >= 11 is 0. The number of carboxylic acid groups (broad SMARTS) is 1. The third-order valence-electron chi connectivity index (χ3n) is 5.75. The molecule has 0 fully saturated rings. The zero-order valence-corrected chi connectivity index (χ0v) is 18.5. The number of carbonyl (C=O) groups is 3. The lowest BCUT2D eigenvalue weighted by molar-refractivity contribution is -0.137. The highest BCUT2D eigenvalue weighted by Crippen LogP contribution is 2.44. The van der Waals surface area contributed by atoms with Crippen molar-refractivity contribution in [3.05, 3.63) is 89.0 Å². The lowest BCUT2D eigenvalue weighted by Gasteiger charge is -2.15. The molecule has 2 amide bonds. The van der Waals surface area contributed by atoms with E-state index in [0.29, 0.717) is 0 Å². The van der Waals surface area contributed by atoms with Crippen molar-refractivity contribution in [2.45, 2.75) is 18.8 Å². The van der Waals surface area contributed by atoms with Gasteiger partial charge in [-0.05, 0) is 40.8 Å². The number of hydrogen-bond acceptors (Lipinski definition) is 4. The molecule has 1 aliphatic carbocycles. The fourth-order valence-corrected chi connectivity index (χ4v) is 4.13. The van der Waals surface area contributed by atoms with Gasteiger partial charge in [0, 0.05) is 18.9 Å². The van der Waals surface area contributed by atoms with Gasteiger partial charge in [-0.2, -0.15) is 0 Å². The van der Waals surface area contributed by atoms with Crippen LogP contribution in [0.1, 0.15) is 40.2 Å². The van der Waals surface area contributed by atoms with Crippen LogP contribution >= 0.6 is 0 Å². The van der Waals surface area contributed by atoms with E-state index in [4.69, 9.17) is 9.84 Å². The Morgan fingerprint density at radius 1 is 0.914 bits per heavy atom. The van der Waals surface area contributed by atoms with Gasteiger partial charge in [0.05, 0.1) is 5.69 Å². The van der Waals surface area contributed by atoms with Crippen LogP contribution in [-0.2, 0) is 9.53 Å². The lowest BCUT2D eigenvalue weighted by Crippen LogP contribution is -2.27. The fourth-order valence-electron chi connectivity index (χ4n) is 4.13. The summed E-state index contributed by atoms with van der Waals surface area (Å²) in [6.07, 6.45) is -1.05. The quantitative estimate of drug-likeness (QED) is 0.397. The van der Waals surface area contributed by atoms with Crippen LogP contribution in [0.3, 0.4) is 0 Å². The lowest BCUT2D eigenvalue weighted by atomic mass is 9.98. The molecule has 1 aliphatic rings. The van der Waals surface area contributed by atoms with Crippen molar-refractivity contribution in [1.29, 1.82) is 0 Å². The zero-order chi connectivity index (χ0) is 24.9. The SMILES string of the molecule is O=C(O)CCCNC(=O)c1c(F)ccc(NC(=O)OCC2c3ccccc3-c3ccccc32)c1F. The minimum Gasteiger partial charge on any atom is -0.481 e. The molecule has 0 radical (unpaired) electrons. The molecule has 0 unspecified atom stereocenters. The van der Waals surface area contributed by atoms with Gasteiger partial charge in [0.25, 0.3) is 5.91 Å². The molecular formula is C26H22F2N2O5. The number of halogens is 2. The zero-order valence-electron chi connectivity index (χ0n) is 18.5. The highest BCUT2D eigenvalue weighted by atomic mass is 19.1. The highest BCUT2D eigenvalue weighted by Gasteiger charge is 2.29.